The molecule has 0 aromatic carbocycles. The van der Waals surface area contributed by atoms with Crippen LogP contribution in [0.1, 0.15) is 32.6 Å². The second kappa shape index (κ2) is 3.95. The number of thioether (sulfide) groups is 1. The zero-order valence-electron chi connectivity index (χ0n) is 8.29. The van der Waals surface area contributed by atoms with Gasteiger partial charge in [0, 0.05) is 5.25 Å². The van der Waals surface area contributed by atoms with E-state index in [1.807, 2.05) is 18.7 Å². The van der Waals surface area contributed by atoms with Gasteiger partial charge in [0.15, 0.2) is 0 Å². The Kier molecular flexibility index (Phi) is 2.87. The molecule has 0 saturated heterocycles. The molecule has 0 spiro atoms. The standard InChI is InChI=1S/C11H18OS/c1-3-12-8(2)13-11-7-9-4-5-10(11)6-9/h9-11H,2-7H2,1H3. The molecule has 2 aliphatic rings. The molecule has 0 radical (unpaired) electrons. The van der Waals surface area contributed by atoms with E-state index >= 15 is 0 Å². The Morgan fingerprint density at radius 3 is 2.85 bits per heavy atom. The Morgan fingerprint density at radius 1 is 1.46 bits per heavy atom. The van der Waals surface area contributed by atoms with E-state index in [4.69, 9.17) is 4.74 Å². The van der Waals surface area contributed by atoms with Crippen molar-refractivity contribution in [1.82, 2.24) is 0 Å². The first kappa shape index (κ1) is 9.45. The molecule has 0 aliphatic heterocycles. The van der Waals surface area contributed by atoms with Crippen LogP contribution in [0, 0.1) is 11.8 Å². The van der Waals surface area contributed by atoms with Crippen molar-refractivity contribution in [3.05, 3.63) is 11.7 Å². The molecule has 74 valence electrons. The smallest absolute Gasteiger partial charge is 0.146 e. The molecule has 2 fully saturated rings. The summed E-state index contributed by atoms with van der Waals surface area (Å²) in [5.41, 5.74) is 0. The summed E-state index contributed by atoms with van der Waals surface area (Å²) in [4.78, 5) is 0. The molecular formula is C11H18OS. The van der Waals surface area contributed by atoms with Crippen LogP contribution < -0.4 is 0 Å². The Balaban J connectivity index is 1.79. The van der Waals surface area contributed by atoms with Crippen LogP contribution >= 0.6 is 11.8 Å². The number of ether oxygens (including phenoxy) is 1. The van der Waals surface area contributed by atoms with Crippen LogP contribution in [0.15, 0.2) is 11.7 Å². The lowest BCUT2D eigenvalue weighted by molar-refractivity contribution is 0.258. The molecule has 13 heavy (non-hydrogen) atoms. The van der Waals surface area contributed by atoms with Gasteiger partial charge in [-0.2, -0.15) is 0 Å². The van der Waals surface area contributed by atoms with Crippen molar-refractivity contribution in [3.8, 4) is 0 Å². The highest BCUT2D eigenvalue weighted by Crippen LogP contribution is 2.50. The topological polar surface area (TPSA) is 9.23 Å². The molecule has 0 aromatic heterocycles. The lowest BCUT2D eigenvalue weighted by atomic mass is 10.0. The molecule has 0 amide bonds. The first-order valence-corrected chi connectivity index (χ1v) is 6.16. The van der Waals surface area contributed by atoms with E-state index in [2.05, 4.69) is 6.58 Å². The second-order valence-corrected chi connectivity index (χ2v) is 5.43. The molecule has 2 saturated carbocycles. The monoisotopic (exact) mass is 198 g/mol. The van der Waals surface area contributed by atoms with Crippen LogP contribution in [-0.4, -0.2) is 11.9 Å². The summed E-state index contributed by atoms with van der Waals surface area (Å²) in [6.07, 6.45) is 5.79. The molecule has 2 heteroatoms. The predicted octanol–water partition coefficient (Wildman–Crippen LogP) is 3.42. The van der Waals surface area contributed by atoms with E-state index in [9.17, 15) is 0 Å². The van der Waals surface area contributed by atoms with Crippen molar-refractivity contribution in [2.24, 2.45) is 11.8 Å². The minimum atomic E-state index is 0.757. The van der Waals surface area contributed by atoms with Gasteiger partial charge in [-0.25, -0.2) is 0 Å². The van der Waals surface area contributed by atoms with E-state index in [0.717, 1.165) is 28.8 Å². The molecule has 0 heterocycles. The molecule has 1 nitrogen and oxygen atoms in total. The van der Waals surface area contributed by atoms with Gasteiger partial charge < -0.3 is 4.74 Å². The number of fused-ring (bicyclic) bond motifs is 2. The van der Waals surface area contributed by atoms with Crippen LogP contribution in [0.4, 0.5) is 0 Å². The quantitative estimate of drug-likeness (QED) is 0.640. The summed E-state index contributed by atoms with van der Waals surface area (Å²) in [5, 5.41) is 1.75. The molecule has 2 bridgehead atoms. The fourth-order valence-corrected chi connectivity index (χ4v) is 4.03. The molecule has 3 atom stereocenters. The molecule has 0 N–H and O–H groups in total. The van der Waals surface area contributed by atoms with Gasteiger partial charge >= 0.3 is 0 Å². The zero-order chi connectivity index (χ0) is 9.26. The van der Waals surface area contributed by atoms with Gasteiger partial charge in [-0.1, -0.05) is 18.2 Å². The molecular weight excluding hydrogens is 180 g/mol. The van der Waals surface area contributed by atoms with Crippen LogP contribution in [0.25, 0.3) is 0 Å². The lowest BCUT2D eigenvalue weighted by Crippen LogP contribution is -2.12. The van der Waals surface area contributed by atoms with Gasteiger partial charge in [-0.15, -0.1) is 0 Å². The fraction of sp³-hybridized carbons (Fsp3) is 0.818. The zero-order valence-corrected chi connectivity index (χ0v) is 9.11. The Hall–Kier alpha value is -0.110. The highest BCUT2D eigenvalue weighted by molar-refractivity contribution is 8.03. The summed E-state index contributed by atoms with van der Waals surface area (Å²) in [5.74, 6) is 1.99. The fourth-order valence-electron chi connectivity index (χ4n) is 2.69. The van der Waals surface area contributed by atoms with Gasteiger partial charge in [0.25, 0.3) is 0 Å². The Labute approximate surface area is 84.9 Å². The largest absolute Gasteiger partial charge is 0.488 e. The van der Waals surface area contributed by atoms with E-state index in [-0.39, 0.29) is 0 Å². The number of hydrogen-bond donors (Lipinski definition) is 0. The van der Waals surface area contributed by atoms with Crippen molar-refractivity contribution in [1.29, 1.82) is 0 Å². The maximum atomic E-state index is 5.38. The summed E-state index contributed by atoms with van der Waals surface area (Å²) in [7, 11) is 0. The van der Waals surface area contributed by atoms with Crippen molar-refractivity contribution >= 4 is 11.8 Å². The molecule has 2 rings (SSSR count). The first-order chi connectivity index (χ1) is 6.29. The molecule has 2 aliphatic carbocycles. The average molecular weight is 198 g/mol. The third kappa shape index (κ3) is 2.04. The van der Waals surface area contributed by atoms with E-state index in [0.29, 0.717) is 0 Å². The molecule has 3 unspecified atom stereocenters. The minimum Gasteiger partial charge on any atom is -0.488 e. The number of hydrogen-bond acceptors (Lipinski definition) is 2. The van der Waals surface area contributed by atoms with Crippen molar-refractivity contribution < 1.29 is 4.74 Å². The maximum absolute atomic E-state index is 5.38. The third-order valence-electron chi connectivity index (χ3n) is 3.26. The summed E-state index contributed by atoms with van der Waals surface area (Å²) in [6, 6.07) is 0. The van der Waals surface area contributed by atoms with Crippen LogP contribution in [0.3, 0.4) is 0 Å². The Morgan fingerprint density at radius 2 is 2.31 bits per heavy atom. The molecule has 0 aromatic rings. The second-order valence-electron chi connectivity index (χ2n) is 4.14. The van der Waals surface area contributed by atoms with Crippen molar-refractivity contribution in [2.75, 3.05) is 6.61 Å². The van der Waals surface area contributed by atoms with Gasteiger partial charge in [0.1, 0.15) is 5.09 Å². The van der Waals surface area contributed by atoms with Gasteiger partial charge in [0.05, 0.1) is 6.61 Å². The van der Waals surface area contributed by atoms with Gasteiger partial charge in [0.2, 0.25) is 0 Å². The summed E-state index contributed by atoms with van der Waals surface area (Å²) >= 11 is 1.88. The van der Waals surface area contributed by atoms with E-state index in [1.54, 1.807) is 0 Å². The number of rotatable bonds is 4. The van der Waals surface area contributed by atoms with Crippen molar-refractivity contribution in [3.63, 3.8) is 0 Å². The average Bonchev–Trinajstić information content (AvgIpc) is 2.65. The highest BCUT2D eigenvalue weighted by Gasteiger charge is 2.40. The SMILES string of the molecule is C=C(OCC)SC1CC2CCC1C2. The van der Waals surface area contributed by atoms with Crippen LogP contribution in [-0.2, 0) is 4.74 Å². The maximum Gasteiger partial charge on any atom is 0.146 e. The summed E-state index contributed by atoms with van der Waals surface area (Å²) in [6.45, 7) is 6.71. The van der Waals surface area contributed by atoms with E-state index < -0.39 is 0 Å². The van der Waals surface area contributed by atoms with Crippen LogP contribution in [0.5, 0.6) is 0 Å². The highest BCUT2D eigenvalue weighted by atomic mass is 32.2. The minimum absolute atomic E-state index is 0.757. The first-order valence-electron chi connectivity index (χ1n) is 5.28. The summed E-state index contributed by atoms with van der Waals surface area (Å²) < 4.78 is 5.38. The normalized spacial score (nSPS) is 36.5. The van der Waals surface area contributed by atoms with Gasteiger partial charge in [-0.05, 0) is 44.6 Å². The van der Waals surface area contributed by atoms with Gasteiger partial charge in [-0.3, -0.25) is 0 Å². The third-order valence-corrected chi connectivity index (χ3v) is 4.52. The van der Waals surface area contributed by atoms with E-state index in [1.165, 1.54) is 25.7 Å². The Bertz CT molecular complexity index is 202. The van der Waals surface area contributed by atoms with Crippen LogP contribution in [0.2, 0.25) is 0 Å². The lowest BCUT2D eigenvalue weighted by Gasteiger charge is -2.21. The predicted molar refractivity (Wildman–Crippen MR) is 57.6 cm³/mol. The van der Waals surface area contributed by atoms with Crippen molar-refractivity contribution in [2.45, 2.75) is 37.9 Å².